The highest BCUT2D eigenvalue weighted by atomic mass is 16.5. The first kappa shape index (κ1) is 26.6. The molecule has 0 bridgehead atoms. The van der Waals surface area contributed by atoms with E-state index >= 15 is 0 Å². The first-order valence-corrected chi connectivity index (χ1v) is 5.77. The van der Waals surface area contributed by atoms with Gasteiger partial charge in [-0.2, -0.15) is 0 Å². The Morgan fingerprint density at radius 2 is 1.21 bits per heavy atom. The lowest BCUT2D eigenvalue weighted by atomic mass is 10.2. The van der Waals surface area contributed by atoms with E-state index in [-0.39, 0.29) is 26.1 Å². The van der Waals surface area contributed by atoms with Gasteiger partial charge < -0.3 is 9.47 Å². The summed E-state index contributed by atoms with van der Waals surface area (Å²) in [5, 5.41) is 0. The molecule has 2 heteroatoms. The number of terminal acetylenes is 2. The Bertz CT molecular complexity index is 253. The van der Waals surface area contributed by atoms with E-state index in [1.165, 1.54) is 0 Å². The molecule has 0 aliphatic heterocycles. The van der Waals surface area contributed by atoms with Crippen molar-refractivity contribution in [3.05, 3.63) is 0 Å². The third kappa shape index (κ3) is 38.2. The molecular weight excluding hydrogens is 236 g/mol. The van der Waals surface area contributed by atoms with Crippen molar-refractivity contribution >= 4 is 0 Å². The van der Waals surface area contributed by atoms with Crippen molar-refractivity contribution in [2.75, 3.05) is 13.2 Å². The number of rotatable bonds is 3. The van der Waals surface area contributed by atoms with E-state index in [0.29, 0.717) is 19.6 Å². The first-order valence-electron chi connectivity index (χ1n) is 5.77. The largest absolute Gasteiger partial charge is 0.375 e. The van der Waals surface area contributed by atoms with Crippen molar-refractivity contribution in [2.45, 2.75) is 74.0 Å². The van der Waals surface area contributed by atoms with Crippen LogP contribution in [0.25, 0.3) is 0 Å². The lowest BCUT2D eigenvalue weighted by Gasteiger charge is -2.18. The maximum atomic E-state index is 5.33. The average Bonchev–Trinajstić information content (AvgIpc) is 2.13. The molecule has 0 rings (SSSR count). The van der Waals surface area contributed by atoms with E-state index in [1.54, 1.807) is 0 Å². The van der Waals surface area contributed by atoms with E-state index in [9.17, 15) is 0 Å². The van der Waals surface area contributed by atoms with Crippen LogP contribution in [0.1, 0.15) is 62.8 Å². The summed E-state index contributed by atoms with van der Waals surface area (Å²) in [6.07, 6.45) is 10.7. The monoisotopic (exact) mass is 270 g/mol. The van der Waals surface area contributed by atoms with Gasteiger partial charge in [0.25, 0.3) is 0 Å². The van der Waals surface area contributed by atoms with E-state index in [2.05, 4.69) is 11.8 Å². The standard InChI is InChI=1S/C8H14O.C7H12O.2CH4/c1-5-6-7-9-8(2,3)4;1-5-6-8-7(2,3)4;;/h1H,6-7H2,2-4H3;1H,6H2,2-4H3;2*1H4. The Morgan fingerprint density at radius 3 is 1.42 bits per heavy atom. The fraction of sp³-hybridized carbons (Fsp3) is 0.765. The van der Waals surface area contributed by atoms with Gasteiger partial charge in [-0.25, -0.2) is 0 Å². The van der Waals surface area contributed by atoms with E-state index < -0.39 is 0 Å². The van der Waals surface area contributed by atoms with Crippen molar-refractivity contribution < 1.29 is 9.47 Å². The Morgan fingerprint density at radius 1 is 0.789 bits per heavy atom. The molecule has 0 spiro atoms. The van der Waals surface area contributed by atoms with Gasteiger partial charge in [-0.15, -0.1) is 18.8 Å². The molecule has 0 amide bonds. The molecule has 0 unspecified atom stereocenters. The maximum absolute atomic E-state index is 5.33. The summed E-state index contributed by atoms with van der Waals surface area (Å²) in [5.41, 5.74) is -0.136. The second-order valence-corrected chi connectivity index (χ2v) is 5.52. The third-order valence-electron chi connectivity index (χ3n) is 1.37. The van der Waals surface area contributed by atoms with Crippen molar-refractivity contribution in [3.8, 4) is 24.7 Å². The molecule has 19 heavy (non-hydrogen) atoms. The molecule has 0 aliphatic carbocycles. The van der Waals surface area contributed by atoms with Crippen molar-refractivity contribution in [1.29, 1.82) is 0 Å². The van der Waals surface area contributed by atoms with Crippen LogP contribution in [0.3, 0.4) is 0 Å². The zero-order valence-corrected chi connectivity index (χ0v) is 12.1. The molecule has 0 heterocycles. The van der Waals surface area contributed by atoms with Crippen molar-refractivity contribution in [1.82, 2.24) is 0 Å². The highest BCUT2D eigenvalue weighted by molar-refractivity contribution is 4.84. The second-order valence-electron chi connectivity index (χ2n) is 5.52. The summed E-state index contributed by atoms with van der Waals surface area (Å²) in [4.78, 5) is 0. The molecule has 0 atom stereocenters. The van der Waals surface area contributed by atoms with Crippen LogP contribution in [0.2, 0.25) is 0 Å². The Balaban J connectivity index is -0.000000108. The number of ether oxygens (including phenoxy) is 2. The molecule has 0 N–H and O–H groups in total. The van der Waals surface area contributed by atoms with Gasteiger partial charge in [-0.05, 0) is 41.5 Å². The zero-order valence-electron chi connectivity index (χ0n) is 12.1. The van der Waals surface area contributed by atoms with Gasteiger partial charge >= 0.3 is 0 Å². The lowest BCUT2D eigenvalue weighted by molar-refractivity contribution is 0.000603. The van der Waals surface area contributed by atoms with Crippen LogP contribution >= 0.6 is 0 Å². The van der Waals surface area contributed by atoms with Crippen LogP contribution in [-0.2, 0) is 9.47 Å². The van der Waals surface area contributed by atoms with Crippen LogP contribution in [0, 0.1) is 24.7 Å². The Kier molecular flexibility index (Phi) is 18.8. The fourth-order valence-electron chi connectivity index (χ4n) is 0.674. The van der Waals surface area contributed by atoms with Gasteiger partial charge in [0.2, 0.25) is 0 Å². The zero-order chi connectivity index (χ0) is 13.9. The summed E-state index contributed by atoms with van der Waals surface area (Å²) < 4.78 is 10.5. The van der Waals surface area contributed by atoms with Crippen molar-refractivity contribution in [3.63, 3.8) is 0 Å². The number of hydrogen-bond donors (Lipinski definition) is 0. The highest BCUT2D eigenvalue weighted by Crippen LogP contribution is 2.06. The predicted molar refractivity (Wildman–Crippen MR) is 87.2 cm³/mol. The fourth-order valence-corrected chi connectivity index (χ4v) is 0.674. The molecule has 0 saturated carbocycles. The average molecular weight is 270 g/mol. The first-order chi connectivity index (χ1) is 7.62. The van der Waals surface area contributed by atoms with Crippen LogP contribution in [-0.4, -0.2) is 24.4 Å². The predicted octanol–water partition coefficient (Wildman–Crippen LogP) is 4.53. The summed E-state index contributed by atoms with van der Waals surface area (Å²) in [5.74, 6) is 4.92. The van der Waals surface area contributed by atoms with Gasteiger partial charge in [0, 0.05) is 6.42 Å². The quantitative estimate of drug-likeness (QED) is 0.554. The van der Waals surface area contributed by atoms with Gasteiger partial charge in [0.15, 0.2) is 0 Å². The Hall–Kier alpha value is -0.960. The molecular formula is C17H34O2. The minimum absolute atomic E-state index is 0. The molecule has 0 radical (unpaired) electrons. The van der Waals surface area contributed by atoms with Gasteiger partial charge in [-0.3, -0.25) is 0 Å². The molecule has 114 valence electrons. The van der Waals surface area contributed by atoms with E-state index in [4.69, 9.17) is 22.3 Å². The van der Waals surface area contributed by atoms with E-state index in [0.717, 1.165) is 0 Å². The SMILES string of the molecule is C.C.C#CCCOC(C)(C)C.C#CCOC(C)(C)C. The molecule has 0 aromatic carbocycles. The minimum Gasteiger partial charge on any atom is -0.375 e. The molecule has 0 saturated heterocycles. The maximum Gasteiger partial charge on any atom is 0.108 e. The van der Waals surface area contributed by atoms with Crippen molar-refractivity contribution in [2.24, 2.45) is 0 Å². The third-order valence-corrected chi connectivity index (χ3v) is 1.37. The van der Waals surface area contributed by atoms with Crippen LogP contribution in [0.4, 0.5) is 0 Å². The lowest BCUT2D eigenvalue weighted by Crippen LogP contribution is -2.19. The Labute approximate surface area is 122 Å². The molecule has 0 fully saturated rings. The van der Waals surface area contributed by atoms with Gasteiger partial charge in [0.05, 0.1) is 17.8 Å². The summed E-state index contributed by atoms with van der Waals surface area (Å²) >= 11 is 0. The smallest absolute Gasteiger partial charge is 0.108 e. The van der Waals surface area contributed by atoms with E-state index in [1.807, 2.05) is 41.5 Å². The van der Waals surface area contributed by atoms with Crippen LogP contribution in [0.5, 0.6) is 0 Å². The molecule has 0 aromatic heterocycles. The van der Waals surface area contributed by atoms with Gasteiger partial charge in [0.1, 0.15) is 6.61 Å². The topological polar surface area (TPSA) is 18.5 Å². The number of hydrogen-bond acceptors (Lipinski definition) is 2. The van der Waals surface area contributed by atoms with Crippen LogP contribution < -0.4 is 0 Å². The normalized spacial score (nSPS) is 9.68. The van der Waals surface area contributed by atoms with Gasteiger partial charge in [-0.1, -0.05) is 20.8 Å². The van der Waals surface area contributed by atoms with Crippen LogP contribution in [0.15, 0.2) is 0 Å². The summed E-state index contributed by atoms with van der Waals surface area (Å²) in [7, 11) is 0. The second kappa shape index (κ2) is 13.5. The minimum atomic E-state index is -0.0909. The molecule has 0 aromatic rings. The summed E-state index contributed by atoms with van der Waals surface area (Å²) in [6, 6.07) is 0. The summed E-state index contributed by atoms with van der Waals surface area (Å²) in [6.45, 7) is 13.1. The highest BCUT2D eigenvalue weighted by Gasteiger charge is 2.08. The molecule has 0 aliphatic rings. The molecule has 2 nitrogen and oxygen atoms in total.